The second-order valence-electron chi connectivity index (χ2n) is 3.72. The number of pyridine rings is 1. The quantitative estimate of drug-likeness (QED) is 0.894. The Bertz CT molecular complexity index is 754. The van der Waals surface area contributed by atoms with E-state index in [-0.39, 0.29) is 16.3 Å². The van der Waals surface area contributed by atoms with Crippen LogP contribution >= 0.6 is 15.9 Å². The molecular formula is C10H8BrN3O4S. The number of hydrogen-bond donors (Lipinski definition) is 1. The summed E-state index contributed by atoms with van der Waals surface area (Å²) in [7, 11) is -3.40. The number of halogens is 1. The van der Waals surface area contributed by atoms with Crippen LogP contribution in [0.5, 0.6) is 0 Å². The van der Waals surface area contributed by atoms with Gasteiger partial charge in [0.1, 0.15) is 10.5 Å². The van der Waals surface area contributed by atoms with Gasteiger partial charge in [-0.2, -0.15) is 5.10 Å². The third kappa shape index (κ3) is 2.82. The van der Waals surface area contributed by atoms with Gasteiger partial charge in [0.15, 0.2) is 15.7 Å². The van der Waals surface area contributed by atoms with Crippen LogP contribution in [-0.2, 0) is 9.84 Å². The molecule has 0 unspecified atom stereocenters. The number of rotatable bonds is 3. The van der Waals surface area contributed by atoms with E-state index in [1.165, 1.54) is 18.5 Å². The fourth-order valence-corrected chi connectivity index (χ4v) is 2.25. The third-order valence-electron chi connectivity index (χ3n) is 2.27. The maximum atomic E-state index is 11.4. The van der Waals surface area contributed by atoms with Crippen molar-refractivity contribution in [1.29, 1.82) is 0 Å². The lowest BCUT2D eigenvalue weighted by molar-refractivity contribution is 0.0696. The number of aromatic carboxylic acids is 1. The molecule has 0 bridgehead atoms. The summed E-state index contributed by atoms with van der Waals surface area (Å²) in [5, 5.41) is 12.9. The van der Waals surface area contributed by atoms with Crippen molar-refractivity contribution in [1.82, 2.24) is 14.8 Å². The number of carboxylic acid groups (broad SMARTS) is 1. The predicted molar refractivity (Wildman–Crippen MR) is 69.1 cm³/mol. The van der Waals surface area contributed by atoms with Gasteiger partial charge in [0.25, 0.3) is 0 Å². The number of hydrogen-bond acceptors (Lipinski definition) is 5. The van der Waals surface area contributed by atoms with Gasteiger partial charge in [-0.3, -0.25) is 0 Å². The van der Waals surface area contributed by atoms with Gasteiger partial charge in [-0.1, -0.05) is 0 Å². The van der Waals surface area contributed by atoms with Gasteiger partial charge in [0, 0.05) is 16.9 Å². The molecule has 0 aliphatic carbocycles. The SMILES string of the molecule is CS(=O)(=O)c1cnn(-c2ncc(Br)cc2C(=O)O)c1. The van der Waals surface area contributed by atoms with Gasteiger partial charge >= 0.3 is 5.97 Å². The normalized spacial score (nSPS) is 11.5. The fourth-order valence-electron chi connectivity index (χ4n) is 1.39. The minimum Gasteiger partial charge on any atom is -0.478 e. The summed E-state index contributed by atoms with van der Waals surface area (Å²) >= 11 is 3.12. The molecule has 0 radical (unpaired) electrons. The van der Waals surface area contributed by atoms with Gasteiger partial charge < -0.3 is 5.11 Å². The third-order valence-corrected chi connectivity index (χ3v) is 3.77. The molecule has 7 nitrogen and oxygen atoms in total. The Morgan fingerprint density at radius 1 is 1.42 bits per heavy atom. The predicted octanol–water partition coefficient (Wildman–Crippen LogP) is 1.13. The molecule has 0 spiro atoms. The zero-order chi connectivity index (χ0) is 14.2. The van der Waals surface area contributed by atoms with E-state index in [2.05, 4.69) is 26.0 Å². The molecule has 100 valence electrons. The highest BCUT2D eigenvalue weighted by Crippen LogP contribution is 2.18. The van der Waals surface area contributed by atoms with Crippen LogP contribution in [0, 0.1) is 0 Å². The summed E-state index contributed by atoms with van der Waals surface area (Å²) in [5.41, 5.74) is -0.0856. The van der Waals surface area contributed by atoms with E-state index in [9.17, 15) is 13.2 Å². The average Bonchev–Trinajstić information content (AvgIpc) is 2.77. The molecule has 0 aliphatic rings. The fraction of sp³-hybridized carbons (Fsp3) is 0.100. The Balaban J connectivity index is 2.60. The monoisotopic (exact) mass is 345 g/mol. The summed E-state index contributed by atoms with van der Waals surface area (Å²) in [6.07, 6.45) is 4.81. The molecule has 2 heterocycles. The molecule has 2 aromatic heterocycles. The van der Waals surface area contributed by atoms with Crippen LogP contribution in [0.1, 0.15) is 10.4 Å². The van der Waals surface area contributed by atoms with E-state index < -0.39 is 15.8 Å². The molecule has 0 amide bonds. The van der Waals surface area contributed by atoms with E-state index in [0.29, 0.717) is 4.47 Å². The lowest BCUT2D eigenvalue weighted by atomic mass is 10.2. The lowest BCUT2D eigenvalue weighted by Gasteiger charge is -2.04. The van der Waals surface area contributed by atoms with Crippen LogP contribution < -0.4 is 0 Å². The van der Waals surface area contributed by atoms with E-state index in [1.807, 2.05) is 0 Å². The Labute approximate surface area is 116 Å². The highest BCUT2D eigenvalue weighted by Gasteiger charge is 2.17. The van der Waals surface area contributed by atoms with E-state index >= 15 is 0 Å². The minimum absolute atomic E-state index is 0.00597. The van der Waals surface area contributed by atoms with Crippen molar-refractivity contribution in [2.75, 3.05) is 6.26 Å². The van der Waals surface area contributed by atoms with Crippen molar-refractivity contribution in [2.45, 2.75) is 4.90 Å². The van der Waals surface area contributed by atoms with Crippen molar-refractivity contribution >= 4 is 31.7 Å². The van der Waals surface area contributed by atoms with Crippen LogP contribution in [0.3, 0.4) is 0 Å². The van der Waals surface area contributed by atoms with Crippen molar-refractivity contribution in [3.8, 4) is 5.82 Å². The smallest absolute Gasteiger partial charge is 0.339 e. The molecule has 1 N–H and O–H groups in total. The molecule has 9 heteroatoms. The number of sulfone groups is 1. The topological polar surface area (TPSA) is 102 Å². The molecule has 2 aromatic rings. The lowest BCUT2D eigenvalue weighted by Crippen LogP contribution is -2.08. The first-order chi connectivity index (χ1) is 8.79. The van der Waals surface area contributed by atoms with Crippen LogP contribution in [-0.4, -0.2) is 40.5 Å². The van der Waals surface area contributed by atoms with Gasteiger partial charge in [0.2, 0.25) is 0 Å². The Morgan fingerprint density at radius 3 is 2.63 bits per heavy atom. The van der Waals surface area contributed by atoms with Crippen LogP contribution in [0.15, 0.2) is 34.0 Å². The summed E-state index contributed by atoms with van der Waals surface area (Å²) in [6.45, 7) is 0. The summed E-state index contributed by atoms with van der Waals surface area (Å²) in [4.78, 5) is 15.1. The summed E-state index contributed by atoms with van der Waals surface area (Å²) in [6, 6.07) is 1.37. The molecule has 0 aromatic carbocycles. The maximum Gasteiger partial charge on any atom is 0.339 e. The molecule has 0 fully saturated rings. The molecule has 0 saturated carbocycles. The highest BCUT2D eigenvalue weighted by molar-refractivity contribution is 9.10. The number of carbonyl (C=O) groups is 1. The van der Waals surface area contributed by atoms with Crippen molar-refractivity contribution in [2.24, 2.45) is 0 Å². The van der Waals surface area contributed by atoms with Crippen LogP contribution in [0.2, 0.25) is 0 Å². The molecule has 0 saturated heterocycles. The number of nitrogens with zero attached hydrogens (tertiary/aromatic N) is 3. The van der Waals surface area contributed by atoms with Crippen molar-refractivity contribution in [3.05, 3.63) is 34.7 Å². The van der Waals surface area contributed by atoms with Gasteiger partial charge in [-0.15, -0.1) is 0 Å². The standard InChI is InChI=1S/C10H8BrN3O4S/c1-19(17,18)7-4-13-14(5-7)9-8(10(15)16)2-6(11)3-12-9/h2-5H,1H3,(H,15,16). The largest absolute Gasteiger partial charge is 0.478 e. The molecule has 2 rings (SSSR count). The van der Waals surface area contributed by atoms with Crippen LogP contribution in [0.25, 0.3) is 5.82 Å². The van der Waals surface area contributed by atoms with Crippen LogP contribution in [0.4, 0.5) is 0 Å². The molecule has 0 aliphatic heterocycles. The minimum atomic E-state index is -3.40. The second-order valence-corrected chi connectivity index (χ2v) is 6.65. The molecule has 19 heavy (non-hydrogen) atoms. The van der Waals surface area contributed by atoms with E-state index in [0.717, 1.165) is 17.1 Å². The summed E-state index contributed by atoms with van der Waals surface area (Å²) < 4.78 is 24.3. The van der Waals surface area contributed by atoms with E-state index in [4.69, 9.17) is 5.11 Å². The average molecular weight is 346 g/mol. The van der Waals surface area contributed by atoms with Crippen molar-refractivity contribution in [3.63, 3.8) is 0 Å². The van der Waals surface area contributed by atoms with E-state index in [1.54, 1.807) is 0 Å². The second kappa shape index (κ2) is 4.74. The molecule has 0 atom stereocenters. The maximum absolute atomic E-state index is 11.4. The zero-order valence-electron chi connectivity index (χ0n) is 9.61. The van der Waals surface area contributed by atoms with Gasteiger partial charge in [0.05, 0.1) is 12.4 Å². The van der Waals surface area contributed by atoms with Gasteiger partial charge in [-0.25, -0.2) is 22.9 Å². The zero-order valence-corrected chi connectivity index (χ0v) is 12.0. The Kier molecular flexibility index (Phi) is 3.42. The first kappa shape index (κ1) is 13.7. The first-order valence-corrected chi connectivity index (χ1v) is 7.61. The summed E-state index contributed by atoms with van der Waals surface area (Å²) in [5.74, 6) is -1.13. The number of carboxylic acids is 1. The van der Waals surface area contributed by atoms with Crippen molar-refractivity contribution < 1.29 is 18.3 Å². The van der Waals surface area contributed by atoms with Gasteiger partial charge in [-0.05, 0) is 22.0 Å². The molecular weight excluding hydrogens is 338 g/mol. The number of aromatic nitrogens is 3. The Morgan fingerprint density at radius 2 is 2.11 bits per heavy atom. The first-order valence-electron chi connectivity index (χ1n) is 4.93. The highest BCUT2D eigenvalue weighted by atomic mass is 79.9. The Hall–Kier alpha value is -1.74.